The summed E-state index contributed by atoms with van der Waals surface area (Å²) in [5.74, 6) is -4.39. The molecule has 1 aliphatic carbocycles. The van der Waals surface area contributed by atoms with Crippen LogP contribution in [0.15, 0.2) is 0 Å². The number of rotatable bonds is 5. The Morgan fingerprint density at radius 3 is 2.19 bits per heavy atom. The number of carboxylic acid groups (broad SMARTS) is 1. The molecule has 148 valence electrons. The van der Waals surface area contributed by atoms with Crippen molar-refractivity contribution in [2.75, 3.05) is 20.7 Å². The Morgan fingerprint density at radius 1 is 1.19 bits per heavy atom. The first-order valence-electron chi connectivity index (χ1n) is 8.40. The molecule has 0 unspecified atom stereocenters. The standard InChI is InChI=1S/C17H28N2O7/c1-9(20)18-8-12-10(14(21)22)7-11(15(23)25-6)13(12)19(5)16(24)26-17(2,3)4/h10-13H,7-8H2,1-6H3,(H,18,20)(H,21,22)/t10-,11+,12+,13-/m1/s1. The van der Waals surface area contributed by atoms with Gasteiger partial charge in [-0.2, -0.15) is 0 Å². The van der Waals surface area contributed by atoms with E-state index in [1.807, 2.05) is 0 Å². The lowest BCUT2D eigenvalue weighted by Crippen LogP contribution is -2.50. The summed E-state index contributed by atoms with van der Waals surface area (Å²) in [6.07, 6.45) is -0.653. The van der Waals surface area contributed by atoms with Crippen LogP contribution in [0.2, 0.25) is 0 Å². The van der Waals surface area contributed by atoms with Crippen LogP contribution in [-0.2, 0) is 23.9 Å². The number of aliphatic carboxylic acids is 1. The molecule has 9 heteroatoms. The number of amides is 2. The minimum absolute atomic E-state index is 0.0179. The number of hydrogen-bond donors (Lipinski definition) is 2. The number of carbonyl (C=O) groups is 4. The summed E-state index contributed by atoms with van der Waals surface area (Å²) in [6, 6.07) is -0.773. The Kier molecular flexibility index (Phi) is 7.00. The average Bonchev–Trinajstić information content (AvgIpc) is 2.89. The maximum absolute atomic E-state index is 12.5. The second-order valence-corrected chi connectivity index (χ2v) is 7.49. The van der Waals surface area contributed by atoms with Crippen molar-refractivity contribution in [3.8, 4) is 0 Å². The van der Waals surface area contributed by atoms with Crippen molar-refractivity contribution in [2.24, 2.45) is 17.8 Å². The highest BCUT2D eigenvalue weighted by atomic mass is 16.6. The van der Waals surface area contributed by atoms with E-state index < -0.39 is 47.4 Å². The van der Waals surface area contributed by atoms with Crippen molar-refractivity contribution >= 4 is 23.9 Å². The lowest BCUT2D eigenvalue weighted by molar-refractivity contribution is -0.147. The molecule has 1 rings (SSSR count). The van der Waals surface area contributed by atoms with Gasteiger partial charge in [0, 0.05) is 26.4 Å². The Bertz CT molecular complexity index is 570. The van der Waals surface area contributed by atoms with Crippen LogP contribution in [0, 0.1) is 17.8 Å². The van der Waals surface area contributed by atoms with E-state index in [0.29, 0.717) is 0 Å². The minimum atomic E-state index is -1.09. The van der Waals surface area contributed by atoms with Gasteiger partial charge in [-0.05, 0) is 27.2 Å². The molecule has 0 radical (unpaired) electrons. The van der Waals surface area contributed by atoms with E-state index in [1.54, 1.807) is 20.8 Å². The van der Waals surface area contributed by atoms with Crippen molar-refractivity contribution in [1.82, 2.24) is 10.2 Å². The maximum atomic E-state index is 12.5. The largest absolute Gasteiger partial charge is 0.481 e. The molecular formula is C17H28N2O7. The minimum Gasteiger partial charge on any atom is -0.481 e. The molecule has 26 heavy (non-hydrogen) atoms. The van der Waals surface area contributed by atoms with Crippen molar-refractivity contribution < 1.29 is 33.8 Å². The summed E-state index contributed by atoms with van der Waals surface area (Å²) >= 11 is 0. The van der Waals surface area contributed by atoms with Gasteiger partial charge in [0.2, 0.25) is 5.91 Å². The van der Waals surface area contributed by atoms with Crippen molar-refractivity contribution in [3.05, 3.63) is 0 Å². The summed E-state index contributed by atoms with van der Waals surface area (Å²) in [4.78, 5) is 48.9. The summed E-state index contributed by atoms with van der Waals surface area (Å²) in [7, 11) is 2.67. The van der Waals surface area contributed by atoms with Crippen LogP contribution in [-0.4, -0.2) is 66.3 Å². The Hall–Kier alpha value is -2.32. The first kappa shape index (κ1) is 21.7. The summed E-state index contributed by atoms with van der Waals surface area (Å²) < 4.78 is 10.1. The number of carbonyl (C=O) groups excluding carboxylic acids is 3. The lowest BCUT2D eigenvalue weighted by atomic mass is 9.92. The van der Waals surface area contributed by atoms with E-state index in [1.165, 1.54) is 26.0 Å². The molecule has 0 heterocycles. The highest BCUT2D eigenvalue weighted by Crippen LogP contribution is 2.40. The van der Waals surface area contributed by atoms with Crippen LogP contribution >= 0.6 is 0 Å². The lowest BCUT2D eigenvalue weighted by Gasteiger charge is -2.34. The Balaban J connectivity index is 3.20. The van der Waals surface area contributed by atoms with Gasteiger partial charge in [-0.25, -0.2) is 4.79 Å². The van der Waals surface area contributed by atoms with Crippen molar-refractivity contribution in [1.29, 1.82) is 0 Å². The van der Waals surface area contributed by atoms with Crippen LogP contribution in [0.3, 0.4) is 0 Å². The third kappa shape index (κ3) is 5.34. The van der Waals surface area contributed by atoms with Crippen LogP contribution in [0.5, 0.6) is 0 Å². The molecule has 0 aromatic carbocycles. The monoisotopic (exact) mass is 372 g/mol. The topological polar surface area (TPSA) is 122 Å². The molecule has 4 atom stereocenters. The third-order valence-electron chi connectivity index (χ3n) is 4.41. The second-order valence-electron chi connectivity index (χ2n) is 7.49. The molecule has 0 aliphatic heterocycles. The number of hydrogen-bond acceptors (Lipinski definition) is 6. The normalized spacial score (nSPS) is 25.3. The number of nitrogens with one attached hydrogen (secondary N) is 1. The van der Waals surface area contributed by atoms with E-state index in [0.717, 1.165) is 0 Å². The Labute approximate surface area is 153 Å². The van der Waals surface area contributed by atoms with Gasteiger partial charge in [0.1, 0.15) is 5.60 Å². The van der Waals surface area contributed by atoms with Crippen LogP contribution in [0.4, 0.5) is 4.79 Å². The quantitative estimate of drug-likeness (QED) is 0.687. The van der Waals surface area contributed by atoms with E-state index in [-0.39, 0.29) is 18.9 Å². The van der Waals surface area contributed by atoms with Gasteiger partial charge in [-0.3, -0.25) is 14.4 Å². The van der Waals surface area contributed by atoms with Crippen LogP contribution in [0.1, 0.15) is 34.1 Å². The molecule has 0 saturated heterocycles. The smallest absolute Gasteiger partial charge is 0.410 e. The number of methoxy groups -OCH3 is 1. The van der Waals surface area contributed by atoms with Gasteiger partial charge in [-0.1, -0.05) is 0 Å². The van der Waals surface area contributed by atoms with Gasteiger partial charge < -0.3 is 24.8 Å². The first-order valence-corrected chi connectivity index (χ1v) is 8.40. The van der Waals surface area contributed by atoms with Gasteiger partial charge >= 0.3 is 18.0 Å². The number of nitrogens with zero attached hydrogens (tertiary/aromatic N) is 1. The molecule has 0 aromatic heterocycles. The Morgan fingerprint density at radius 2 is 1.77 bits per heavy atom. The molecule has 1 aliphatic rings. The van der Waals surface area contributed by atoms with Gasteiger partial charge in [0.15, 0.2) is 0 Å². The van der Waals surface area contributed by atoms with Crippen molar-refractivity contribution in [3.63, 3.8) is 0 Å². The fourth-order valence-electron chi connectivity index (χ4n) is 3.33. The zero-order valence-corrected chi connectivity index (χ0v) is 16.1. The van der Waals surface area contributed by atoms with E-state index >= 15 is 0 Å². The summed E-state index contributed by atoms with van der Waals surface area (Å²) in [6.45, 7) is 6.47. The molecule has 2 N–H and O–H groups in total. The summed E-state index contributed by atoms with van der Waals surface area (Å²) in [5, 5.41) is 12.1. The molecule has 2 amide bonds. The molecular weight excluding hydrogens is 344 g/mol. The third-order valence-corrected chi connectivity index (χ3v) is 4.41. The summed E-state index contributed by atoms with van der Waals surface area (Å²) in [5.41, 5.74) is -0.746. The molecule has 1 saturated carbocycles. The highest BCUT2D eigenvalue weighted by Gasteiger charge is 2.53. The second kappa shape index (κ2) is 8.37. The fraction of sp³-hybridized carbons (Fsp3) is 0.765. The maximum Gasteiger partial charge on any atom is 0.410 e. The van der Waals surface area contributed by atoms with E-state index in [2.05, 4.69) is 5.32 Å². The number of carboxylic acids is 1. The SMILES string of the molecule is COC(=O)[C@H]1C[C@@H](C(=O)O)[C@H](CNC(C)=O)[C@@H]1N(C)C(=O)OC(C)(C)C. The number of esters is 1. The molecule has 0 bridgehead atoms. The molecule has 1 fully saturated rings. The average molecular weight is 372 g/mol. The predicted octanol–water partition coefficient (Wildman–Crippen LogP) is 0.868. The zero-order chi connectivity index (χ0) is 20.2. The number of ether oxygens (including phenoxy) is 2. The zero-order valence-electron chi connectivity index (χ0n) is 16.1. The van der Waals surface area contributed by atoms with Gasteiger partial charge in [0.25, 0.3) is 0 Å². The highest BCUT2D eigenvalue weighted by molar-refractivity contribution is 5.80. The molecule has 0 aromatic rings. The molecule has 0 spiro atoms. The van der Waals surface area contributed by atoms with Gasteiger partial charge in [0.05, 0.1) is 25.0 Å². The van der Waals surface area contributed by atoms with Crippen LogP contribution < -0.4 is 5.32 Å². The van der Waals surface area contributed by atoms with E-state index in [9.17, 15) is 24.3 Å². The van der Waals surface area contributed by atoms with Crippen LogP contribution in [0.25, 0.3) is 0 Å². The fourth-order valence-corrected chi connectivity index (χ4v) is 3.33. The first-order chi connectivity index (χ1) is 11.9. The predicted molar refractivity (Wildman–Crippen MR) is 91.2 cm³/mol. The van der Waals surface area contributed by atoms with Crippen molar-refractivity contribution in [2.45, 2.75) is 45.8 Å². The van der Waals surface area contributed by atoms with Gasteiger partial charge in [-0.15, -0.1) is 0 Å². The van der Waals surface area contributed by atoms with E-state index in [4.69, 9.17) is 9.47 Å². The molecule has 9 nitrogen and oxygen atoms in total.